The molecule has 2 aromatic rings. The molecule has 0 bridgehead atoms. The molecular weight excluding hydrogens is 206 g/mol. The van der Waals surface area contributed by atoms with E-state index >= 15 is 0 Å². The van der Waals surface area contributed by atoms with Crippen LogP contribution in [0.2, 0.25) is 0 Å². The van der Waals surface area contributed by atoms with Crippen molar-refractivity contribution in [2.45, 2.75) is 26.8 Å². The lowest BCUT2D eigenvalue weighted by Crippen LogP contribution is -2.05. The Bertz CT molecular complexity index is 558. The van der Waals surface area contributed by atoms with Gasteiger partial charge >= 0.3 is 5.97 Å². The highest BCUT2D eigenvalue weighted by atomic mass is 16.4. The van der Waals surface area contributed by atoms with Crippen molar-refractivity contribution in [2.24, 2.45) is 0 Å². The van der Waals surface area contributed by atoms with Gasteiger partial charge in [-0.05, 0) is 32.4 Å². The van der Waals surface area contributed by atoms with E-state index in [1.54, 1.807) is 12.3 Å². The first-order chi connectivity index (χ1) is 7.50. The zero-order valence-electron chi connectivity index (χ0n) is 9.43. The summed E-state index contributed by atoms with van der Waals surface area (Å²) in [6, 6.07) is 1.80. The van der Waals surface area contributed by atoms with Crippen molar-refractivity contribution < 1.29 is 9.90 Å². The van der Waals surface area contributed by atoms with Crippen molar-refractivity contribution in [1.29, 1.82) is 0 Å². The maximum atomic E-state index is 10.8. The number of nitrogens with zero attached hydrogens (tertiary/aromatic N) is 3. The van der Waals surface area contributed by atoms with E-state index in [0.29, 0.717) is 5.52 Å². The maximum Gasteiger partial charge on any atom is 0.354 e. The molecule has 2 heterocycles. The summed E-state index contributed by atoms with van der Waals surface area (Å²) in [5.41, 5.74) is 2.48. The smallest absolute Gasteiger partial charge is 0.354 e. The van der Waals surface area contributed by atoms with Crippen LogP contribution in [0.1, 0.15) is 35.9 Å². The Morgan fingerprint density at radius 3 is 2.75 bits per heavy atom. The van der Waals surface area contributed by atoms with Crippen LogP contribution in [0.5, 0.6) is 0 Å². The minimum Gasteiger partial charge on any atom is -0.477 e. The number of aromatic nitrogens is 3. The lowest BCUT2D eigenvalue weighted by Gasteiger charge is -2.08. The maximum absolute atomic E-state index is 10.8. The van der Waals surface area contributed by atoms with Gasteiger partial charge in [-0.3, -0.25) is 4.68 Å². The first kappa shape index (κ1) is 10.6. The van der Waals surface area contributed by atoms with E-state index in [1.807, 2.05) is 25.5 Å². The number of aromatic carboxylic acids is 1. The Balaban J connectivity index is 2.73. The number of carbonyl (C=O) groups is 1. The first-order valence-electron chi connectivity index (χ1n) is 5.09. The number of hydrogen-bond acceptors (Lipinski definition) is 3. The summed E-state index contributed by atoms with van der Waals surface area (Å²) < 4.78 is 1.85. The van der Waals surface area contributed by atoms with Crippen LogP contribution in [-0.2, 0) is 0 Å². The molecule has 0 saturated carbocycles. The second-order valence-electron chi connectivity index (χ2n) is 4.05. The number of pyridine rings is 1. The van der Waals surface area contributed by atoms with Crippen LogP contribution in [0.4, 0.5) is 0 Å². The highest BCUT2D eigenvalue weighted by Gasteiger charge is 2.13. The number of carboxylic acid groups (broad SMARTS) is 1. The van der Waals surface area contributed by atoms with Gasteiger partial charge in [0.2, 0.25) is 0 Å². The molecule has 0 aromatic carbocycles. The number of carboxylic acids is 1. The van der Waals surface area contributed by atoms with Gasteiger partial charge in [-0.1, -0.05) is 0 Å². The van der Waals surface area contributed by atoms with Gasteiger partial charge in [0.1, 0.15) is 11.2 Å². The third-order valence-electron chi connectivity index (χ3n) is 2.45. The average molecular weight is 219 g/mol. The van der Waals surface area contributed by atoms with Gasteiger partial charge in [-0.25, -0.2) is 9.78 Å². The minimum absolute atomic E-state index is 0.0632. The summed E-state index contributed by atoms with van der Waals surface area (Å²) in [5.74, 6) is -1.01. The molecule has 0 unspecified atom stereocenters. The molecule has 0 atom stereocenters. The van der Waals surface area contributed by atoms with Crippen LogP contribution in [0.25, 0.3) is 11.0 Å². The van der Waals surface area contributed by atoms with Crippen molar-refractivity contribution in [2.75, 3.05) is 0 Å². The highest BCUT2D eigenvalue weighted by Crippen LogP contribution is 2.20. The molecule has 84 valence electrons. The van der Waals surface area contributed by atoms with Gasteiger partial charge in [-0.2, -0.15) is 5.10 Å². The van der Waals surface area contributed by atoms with Crippen molar-refractivity contribution in [3.05, 3.63) is 23.5 Å². The molecule has 0 aliphatic heterocycles. The molecule has 0 fully saturated rings. The summed E-state index contributed by atoms with van der Waals surface area (Å²) in [4.78, 5) is 14.9. The fourth-order valence-corrected chi connectivity index (χ4v) is 1.75. The molecule has 5 nitrogen and oxygen atoms in total. The van der Waals surface area contributed by atoms with Gasteiger partial charge in [0, 0.05) is 6.04 Å². The Labute approximate surface area is 92.7 Å². The summed E-state index contributed by atoms with van der Waals surface area (Å²) in [6.45, 7) is 5.92. The van der Waals surface area contributed by atoms with Gasteiger partial charge < -0.3 is 5.11 Å². The molecule has 0 saturated heterocycles. The molecule has 0 radical (unpaired) electrons. The molecule has 5 heteroatoms. The van der Waals surface area contributed by atoms with E-state index in [1.165, 1.54) is 0 Å². The van der Waals surface area contributed by atoms with Crippen molar-refractivity contribution in [3.63, 3.8) is 0 Å². The fourth-order valence-electron chi connectivity index (χ4n) is 1.75. The second-order valence-corrected chi connectivity index (χ2v) is 4.05. The van der Waals surface area contributed by atoms with Gasteiger partial charge in [0.05, 0.1) is 11.7 Å². The molecule has 2 aromatic heterocycles. The largest absolute Gasteiger partial charge is 0.477 e. The topological polar surface area (TPSA) is 68.0 Å². The molecule has 0 aliphatic rings. The standard InChI is InChI=1S/C11H13N3O2/c1-6(2)14-10-7(3)4-8(11(15)16)13-9(10)5-12-14/h4-6H,1-3H3,(H,15,16). The lowest BCUT2D eigenvalue weighted by atomic mass is 10.2. The van der Waals surface area contributed by atoms with Crippen LogP contribution >= 0.6 is 0 Å². The predicted molar refractivity (Wildman–Crippen MR) is 59.6 cm³/mol. The van der Waals surface area contributed by atoms with Crippen LogP contribution in [0.3, 0.4) is 0 Å². The molecule has 16 heavy (non-hydrogen) atoms. The third-order valence-corrected chi connectivity index (χ3v) is 2.45. The fraction of sp³-hybridized carbons (Fsp3) is 0.364. The van der Waals surface area contributed by atoms with Crippen molar-refractivity contribution in [1.82, 2.24) is 14.8 Å². The van der Waals surface area contributed by atoms with E-state index in [2.05, 4.69) is 10.1 Å². The minimum atomic E-state index is -1.01. The average Bonchev–Trinajstić information content (AvgIpc) is 2.61. The molecule has 1 N–H and O–H groups in total. The molecule has 0 spiro atoms. The van der Waals surface area contributed by atoms with E-state index < -0.39 is 5.97 Å². The molecule has 2 rings (SSSR count). The van der Waals surface area contributed by atoms with Gasteiger partial charge in [-0.15, -0.1) is 0 Å². The van der Waals surface area contributed by atoms with Crippen LogP contribution in [-0.4, -0.2) is 25.8 Å². The number of fused-ring (bicyclic) bond motifs is 1. The summed E-state index contributed by atoms with van der Waals surface area (Å²) in [6.07, 6.45) is 1.61. The summed E-state index contributed by atoms with van der Waals surface area (Å²) in [7, 11) is 0. The Morgan fingerprint density at radius 2 is 2.19 bits per heavy atom. The monoisotopic (exact) mass is 219 g/mol. The molecule has 0 aliphatic carbocycles. The zero-order valence-corrected chi connectivity index (χ0v) is 9.43. The van der Waals surface area contributed by atoms with Crippen LogP contribution < -0.4 is 0 Å². The van der Waals surface area contributed by atoms with Gasteiger partial charge in [0.15, 0.2) is 0 Å². The van der Waals surface area contributed by atoms with Crippen molar-refractivity contribution >= 4 is 17.0 Å². The van der Waals surface area contributed by atoms with E-state index in [9.17, 15) is 4.79 Å². The summed E-state index contributed by atoms with van der Waals surface area (Å²) >= 11 is 0. The third kappa shape index (κ3) is 1.54. The van der Waals surface area contributed by atoms with E-state index in [0.717, 1.165) is 11.1 Å². The Kier molecular flexibility index (Phi) is 2.38. The second kappa shape index (κ2) is 3.59. The number of hydrogen-bond donors (Lipinski definition) is 1. The SMILES string of the molecule is Cc1cc(C(=O)O)nc2cnn(C(C)C)c12. The highest BCUT2D eigenvalue weighted by molar-refractivity contribution is 5.90. The lowest BCUT2D eigenvalue weighted by molar-refractivity contribution is 0.0691. The van der Waals surface area contributed by atoms with Crippen molar-refractivity contribution in [3.8, 4) is 0 Å². The quantitative estimate of drug-likeness (QED) is 0.839. The number of aryl methyl sites for hydroxylation is 1. The normalized spacial score (nSPS) is 11.2. The van der Waals surface area contributed by atoms with Crippen LogP contribution in [0.15, 0.2) is 12.3 Å². The Morgan fingerprint density at radius 1 is 1.50 bits per heavy atom. The zero-order chi connectivity index (χ0) is 11.9. The first-order valence-corrected chi connectivity index (χ1v) is 5.09. The van der Waals surface area contributed by atoms with Gasteiger partial charge in [0.25, 0.3) is 0 Å². The molecular formula is C11H13N3O2. The summed E-state index contributed by atoms with van der Waals surface area (Å²) in [5, 5.41) is 13.1. The Hall–Kier alpha value is -1.91. The number of rotatable bonds is 2. The molecule has 0 amide bonds. The van der Waals surface area contributed by atoms with E-state index in [-0.39, 0.29) is 11.7 Å². The van der Waals surface area contributed by atoms with Crippen LogP contribution in [0, 0.1) is 6.92 Å². The van der Waals surface area contributed by atoms with E-state index in [4.69, 9.17) is 5.11 Å². The predicted octanol–water partition coefficient (Wildman–Crippen LogP) is 2.02.